The summed E-state index contributed by atoms with van der Waals surface area (Å²) in [6.07, 6.45) is 4.16. The molecule has 0 aliphatic carbocycles. The summed E-state index contributed by atoms with van der Waals surface area (Å²) >= 11 is 0. The van der Waals surface area contributed by atoms with Gasteiger partial charge >= 0.3 is 18.3 Å². The maximum atomic E-state index is 15.2. The van der Waals surface area contributed by atoms with Gasteiger partial charge in [-0.15, -0.1) is 5.10 Å². The summed E-state index contributed by atoms with van der Waals surface area (Å²) in [5, 5.41) is 28.8. The van der Waals surface area contributed by atoms with Gasteiger partial charge in [-0.05, 0) is 68.5 Å². The molecular weight excluding hydrogens is 600 g/mol. The van der Waals surface area contributed by atoms with Crippen LogP contribution in [0.5, 0.6) is 0 Å². The highest BCUT2D eigenvalue weighted by Crippen LogP contribution is 2.35. The Labute approximate surface area is 259 Å². The van der Waals surface area contributed by atoms with E-state index in [4.69, 9.17) is 4.74 Å². The van der Waals surface area contributed by atoms with Crippen molar-refractivity contribution in [3.63, 3.8) is 0 Å². The average Bonchev–Trinajstić information content (AvgIpc) is 3.73. The van der Waals surface area contributed by atoms with Crippen LogP contribution in [0, 0.1) is 17.0 Å². The first kappa shape index (κ1) is 32.5. The summed E-state index contributed by atoms with van der Waals surface area (Å²) in [6, 6.07) is 8.60. The van der Waals surface area contributed by atoms with Crippen LogP contribution in [-0.4, -0.2) is 97.5 Å². The van der Waals surface area contributed by atoms with Crippen LogP contribution in [-0.2, 0) is 15.1 Å². The van der Waals surface area contributed by atoms with Gasteiger partial charge in [-0.3, -0.25) is 9.69 Å². The fourth-order valence-electron chi connectivity index (χ4n) is 4.93. The van der Waals surface area contributed by atoms with E-state index < -0.39 is 40.7 Å². The minimum absolute atomic E-state index is 0. The van der Waals surface area contributed by atoms with Crippen molar-refractivity contribution in [2.75, 3.05) is 37.9 Å². The Kier molecular flexibility index (Phi) is 9.33. The van der Waals surface area contributed by atoms with E-state index in [-0.39, 0.29) is 44.5 Å². The number of hydrazone groups is 1. The van der Waals surface area contributed by atoms with Crippen LogP contribution in [0.25, 0.3) is 5.69 Å². The van der Waals surface area contributed by atoms with Gasteiger partial charge in [0.1, 0.15) is 28.7 Å². The lowest BCUT2D eigenvalue weighted by atomic mass is 9.85. The molecule has 2 amide bonds. The smallest absolute Gasteiger partial charge is 0.547 e. The lowest BCUT2D eigenvalue weighted by Crippen LogP contribution is -3.00. The van der Waals surface area contributed by atoms with E-state index >= 15 is 4.39 Å². The number of aromatic nitrogens is 4. The fraction of sp³-hybridized carbons (Fsp3) is 0.429. The number of halogens is 3. The normalized spacial score (nSPS) is 16.9. The molecule has 16 heteroatoms. The third kappa shape index (κ3) is 6.54. The Morgan fingerprint density at radius 1 is 1.11 bits per heavy atom. The topological polar surface area (TPSA) is 133 Å². The van der Waals surface area contributed by atoms with Gasteiger partial charge in [-0.1, -0.05) is 11.0 Å². The molecule has 1 fully saturated rings. The van der Waals surface area contributed by atoms with Gasteiger partial charge in [0.15, 0.2) is 6.67 Å². The summed E-state index contributed by atoms with van der Waals surface area (Å²) in [7, 11) is 0. The first-order chi connectivity index (χ1) is 20.4. The molecule has 3 aromatic rings. The number of rotatable bonds is 9. The third-order valence-corrected chi connectivity index (χ3v) is 7.42. The number of benzene rings is 2. The monoisotopic (exact) mass is 631 g/mol. The van der Waals surface area contributed by atoms with Crippen LogP contribution >= 0.6 is 0 Å². The summed E-state index contributed by atoms with van der Waals surface area (Å²) in [6.45, 7) is 7.04. The first-order valence-electron chi connectivity index (χ1n) is 13.6. The number of ether oxygens (including phenoxy) is 1. The number of hydrogen-bond donors (Lipinski definition) is 1. The molecule has 1 N–H and O–H groups in total. The van der Waals surface area contributed by atoms with Gasteiger partial charge in [0, 0.05) is 30.4 Å². The predicted octanol–water partition coefficient (Wildman–Crippen LogP) is -0.595. The second-order valence-electron chi connectivity index (χ2n) is 11.5. The minimum atomic E-state index is -2.02. The van der Waals surface area contributed by atoms with Crippen molar-refractivity contribution in [2.45, 2.75) is 39.3 Å². The molecule has 2 aliphatic rings. The van der Waals surface area contributed by atoms with Crippen molar-refractivity contribution in [3.05, 3.63) is 66.0 Å². The van der Waals surface area contributed by atoms with Gasteiger partial charge in [0.25, 0.3) is 0 Å². The molecule has 1 aromatic heterocycles. The molecule has 234 valence electrons. The molecule has 2 aromatic carbocycles. The molecule has 44 heavy (non-hydrogen) atoms. The Morgan fingerprint density at radius 2 is 1.82 bits per heavy atom. The number of tetrazole rings is 1. The number of nitrogens with zero attached hydrogens (tertiary/aromatic N) is 9. The lowest BCUT2D eigenvalue weighted by molar-refractivity contribution is -0.156. The van der Waals surface area contributed by atoms with Crippen molar-refractivity contribution < 1.29 is 40.6 Å². The molecule has 5 rings (SSSR count). The van der Waals surface area contributed by atoms with E-state index in [1.54, 1.807) is 56.9 Å². The summed E-state index contributed by atoms with van der Waals surface area (Å²) in [5.41, 5.74) is -1.58. The standard InChI is InChI=1S/C28H32F2N9O4.ClH/c1-19(37-11-12-38(26(37)41)21-6-8-22(9-7-21)39-15-31-33-34-39)28(42,23-10-5-20(29)13-24(23)30)14-36-17-35(16-32-36)18-43-25(40)27(2,3)4;/h5-10,13,15,19,42H,11-12,14,17-18H2,1-4H3;1H/q+1;/p-1/t19-,28+;/m1./s1. The third-order valence-electron chi connectivity index (χ3n) is 7.42. The van der Waals surface area contributed by atoms with Crippen molar-refractivity contribution in [1.29, 1.82) is 0 Å². The van der Waals surface area contributed by atoms with E-state index in [0.717, 1.165) is 6.07 Å². The number of carbonyl (C=O) groups is 2. The van der Waals surface area contributed by atoms with Crippen molar-refractivity contribution in [3.8, 4) is 5.69 Å². The highest BCUT2D eigenvalue weighted by molar-refractivity contribution is 5.94. The van der Waals surface area contributed by atoms with Crippen LogP contribution in [0.15, 0.2) is 53.9 Å². The number of carbonyl (C=O) groups excluding carboxylic acids is 2. The second-order valence-corrected chi connectivity index (χ2v) is 11.5. The molecule has 0 unspecified atom stereocenters. The number of esters is 1. The Bertz CT molecular complexity index is 1500. The van der Waals surface area contributed by atoms with Crippen LogP contribution in [0.2, 0.25) is 0 Å². The number of aliphatic hydroxyl groups is 1. The van der Waals surface area contributed by atoms with Crippen LogP contribution in [0.1, 0.15) is 33.3 Å². The second kappa shape index (κ2) is 12.6. The zero-order valence-corrected chi connectivity index (χ0v) is 25.3. The zero-order valence-electron chi connectivity index (χ0n) is 24.6. The van der Waals surface area contributed by atoms with E-state index in [1.807, 2.05) is 0 Å². The van der Waals surface area contributed by atoms with Gasteiger partial charge in [-0.2, -0.15) is 0 Å². The Balaban J connectivity index is 0.00000442. The largest absolute Gasteiger partial charge is 1.00 e. The van der Waals surface area contributed by atoms with E-state index in [2.05, 4.69) is 27.0 Å². The molecule has 2 atom stereocenters. The van der Waals surface area contributed by atoms with E-state index in [0.29, 0.717) is 24.0 Å². The molecule has 2 aliphatic heterocycles. The molecular formula is C28H32ClF2N9O4. The predicted molar refractivity (Wildman–Crippen MR) is 150 cm³/mol. The van der Waals surface area contributed by atoms with Gasteiger partial charge in [-0.25, -0.2) is 23.3 Å². The average molecular weight is 632 g/mol. The van der Waals surface area contributed by atoms with Crippen molar-refractivity contribution in [2.24, 2.45) is 10.5 Å². The molecule has 1 saturated heterocycles. The van der Waals surface area contributed by atoms with Crippen LogP contribution in [0.4, 0.5) is 19.3 Å². The number of anilines is 1. The van der Waals surface area contributed by atoms with Gasteiger partial charge in [0.2, 0.25) is 6.73 Å². The summed E-state index contributed by atoms with van der Waals surface area (Å²) in [5.74, 6) is -2.17. The summed E-state index contributed by atoms with van der Waals surface area (Å²) in [4.78, 5) is 30.3. The zero-order chi connectivity index (χ0) is 30.9. The SMILES string of the molecule is C[C@@H](N1CCN(c2ccc(-n3cnnn3)cc2)C1=O)[C@@](O)(CN1CN(COC(=O)C(C)(C)C)[C+]=N1)c1ccc(F)cc1F.[Cl-]. The number of β-amino-alcohol motifs (C(OH)–C–C–N with tert-alkyl or cyclic N) is 1. The Morgan fingerprint density at radius 3 is 2.45 bits per heavy atom. The molecule has 3 heterocycles. The number of hydrogen-bond acceptors (Lipinski definition) is 10. The van der Waals surface area contributed by atoms with Crippen molar-refractivity contribution >= 4 is 24.0 Å². The number of amides is 2. The van der Waals surface area contributed by atoms with Crippen LogP contribution < -0.4 is 17.3 Å². The van der Waals surface area contributed by atoms with Gasteiger partial charge in [0.05, 0.1) is 23.7 Å². The molecule has 0 bridgehead atoms. The lowest BCUT2D eigenvalue weighted by Gasteiger charge is -2.40. The maximum absolute atomic E-state index is 15.2. The van der Waals surface area contributed by atoms with Crippen LogP contribution in [0.3, 0.4) is 0 Å². The summed E-state index contributed by atoms with van der Waals surface area (Å²) < 4.78 is 35.8. The highest BCUT2D eigenvalue weighted by Gasteiger charge is 2.48. The quantitative estimate of drug-likeness (QED) is 0.243. The maximum Gasteiger partial charge on any atom is 0.547 e. The van der Waals surface area contributed by atoms with E-state index in [9.17, 15) is 19.1 Å². The molecule has 13 nitrogen and oxygen atoms in total. The molecule has 0 radical (unpaired) electrons. The Hall–Kier alpha value is -4.46. The van der Waals surface area contributed by atoms with Gasteiger partial charge < -0.3 is 27.2 Å². The molecule has 0 saturated carbocycles. The van der Waals surface area contributed by atoms with E-state index in [1.165, 1.54) is 31.9 Å². The van der Waals surface area contributed by atoms with Crippen molar-refractivity contribution in [1.82, 2.24) is 35.0 Å². The fourth-order valence-corrected chi connectivity index (χ4v) is 4.93. The molecule has 0 spiro atoms. The minimum Gasteiger partial charge on any atom is -1.00 e. The highest BCUT2D eigenvalue weighted by atomic mass is 35.5. The first-order valence-corrected chi connectivity index (χ1v) is 13.6. The number of urea groups is 1.